The standard InChI is InChI=1S/C17H23N5/c1-4-8-21(9-5-2)16-14-12-13(3)18-15(14)19-17(20-16)22-10-6-7-11-22/h4-5,12H,1-2,6-11H2,3H3,(H,18,19,20). The molecule has 1 N–H and O–H groups in total. The molecule has 1 fully saturated rings. The third-order valence-electron chi connectivity index (χ3n) is 3.98. The molecule has 0 spiro atoms. The van der Waals surface area contributed by atoms with Crippen LogP contribution >= 0.6 is 0 Å². The minimum Gasteiger partial charge on any atom is -0.348 e. The number of rotatable bonds is 6. The van der Waals surface area contributed by atoms with Crippen LogP contribution in [0.25, 0.3) is 11.0 Å². The normalized spacial score (nSPS) is 14.5. The number of H-pyrrole nitrogens is 1. The van der Waals surface area contributed by atoms with Crippen LogP contribution in [0.5, 0.6) is 0 Å². The van der Waals surface area contributed by atoms with Crippen molar-refractivity contribution < 1.29 is 0 Å². The van der Waals surface area contributed by atoms with Crippen LogP contribution in [0.4, 0.5) is 11.8 Å². The third-order valence-corrected chi connectivity index (χ3v) is 3.98. The van der Waals surface area contributed by atoms with Crippen LogP contribution in [-0.2, 0) is 0 Å². The van der Waals surface area contributed by atoms with E-state index in [4.69, 9.17) is 9.97 Å². The number of aromatic amines is 1. The van der Waals surface area contributed by atoms with Gasteiger partial charge in [0.1, 0.15) is 11.5 Å². The Morgan fingerprint density at radius 2 is 1.91 bits per heavy atom. The van der Waals surface area contributed by atoms with Gasteiger partial charge in [0.15, 0.2) is 0 Å². The summed E-state index contributed by atoms with van der Waals surface area (Å²) in [5, 5.41) is 1.06. The Bertz CT molecular complexity index is 672. The summed E-state index contributed by atoms with van der Waals surface area (Å²) >= 11 is 0. The van der Waals surface area contributed by atoms with Crippen LogP contribution in [0.15, 0.2) is 31.4 Å². The number of aryl methyl sites for hydroxylation is 1. The molecule has 1 aliphatic rings. The highest BCUT2D eigenvalue weighted by atomic mass is 15.3. The van der Waals surface area contributed by atoms with Gasteiger partial charge in [-0.3, -0.25) is 0 Å². The fourth-order valence-corrected chi connectivity index (χ4v) is 2.97. The van der Waals surface area contributed by atoms with Crippen molar-refractivity contribution >= 4 is 22.8 Å². The SMILES string of the molecule is C=CCN(CC=C)c1nc(N2CCCC2)nc2[nH]c(C)cc12. The number of nitrogens with zero attached hydrogens (tertiary/aromatic N) is 4. The lowest BCUT2D eigenvalue weighted by molar-refractivity contribution is 0.878. The van der Waals surface area contributed by atoms with Crippen molar-refractivity contribution in [2.24, 2.45) is 0 Å². The minimum atomic E-state index is 0.738. The molecule has 0 radical (unpaired) electrons. The molecule has 0 atom stereocenters. The lowest BCUT2D eigenvalue weighted by atomic mass is 10.3. The first-order chi connectivity index (χ1) is 10.7. The Kier molecular flexibility index (Phi) is 4.13. The molecule has 0 amide bonds. The zero-order valence-corrected chi connectivity index (χ0v) is 13.2. The van der Waals surface area contributed by atoms with Crippen molar-refractivity contribution in [2.45, 2.75) is 19.8 Å². The fourth-order valence-electron chi connectivity index (χ4n) is 2.97. The maximum absolute atomic E-state index is 4.86. The topological polar surface area (TPSA) is 48.1 Å². The van der Waals surface area contributed by atoms with Gasteiger partial charge in [0.2, 0.25) is 5.95 Å². The number of hydrogen-bond acceptors (Lipinski definition) is 4. The van der Waals surface area contributed by atoms with Gasteiger partial charge >= 0.3 is 0 Å². The predicted octanol–water partition coefficient (Wildman–Crippen LogP) is 3.04. The van der Waals surface area contributed by atoms with Crippen molar-refractivity contribution in [2.75, 3.05) is 36.0 Å². The van der Waals surface area contributed by atoms with E-state index in [0.717, 1.165) is 54.7 Å². The maximum Gasteiger partial charge on any atom is 0.229 e. The van der Waals surface area contributed by atoms with Gasteiger partial charge in [-0.05, 0) is 25.8 Å². The van der Waals surface area contributed by atoms with E-state index in [9.17, 15) is 0 Å². The largest absolute Gasteiger partial charge is 0.348 e. The van der Waals surface area contributed by atoms with E-state index in [1.54, 1.807) is 0 Å². The summed E-state index contributed by atoms with van der Waals surface area (Å²) in [4.78, 5) is 17.4. The quantitative estimate of drug-likeness (QED) is 0.833. The Morgan fingerprint density at radius 3 is 2.55 bits per heavy atom. The Hall–Kier alpha value is -2.30. The summed E-state index contributed by atoms with van der Waals surface area (Å²) in [5.41, 5.74) is 2.00. The average molecular weight is 297 g/mol. The lowest BCUT2D eigenvalue weighted by Gasteiger charge is -2.23. The summed E-state index contributed by atoms with van der Waals surface area (Å²) < 4.78 is 0. The van der Waals surface area contributed by atoms with E-state index in [1.807, 2.05) is 19.1 Å². The molecule has 5 heteroatoms. The van der Waals surface area contributed by atoms with Crippen molar-refractivity contribution in [1.82, 2.24) is 15.0 Å². The molecule has 1 aliphatic heterocycles. The summed E-state index contributed by atoms with van der Waals surface area (Å²) in [7, 11) is 0. The smallest absolute Gasteiger partial charge is 0.229 e. The van der Waals surface area contributed by atoms with Gasteiger partial charge in [-0.2, -0.15) is 9.97 Å². The van der Waals surface area contributed by atoms with E-state index in [0.29, 0.717) is 0 Å². The van der Waals surface area contributed by atoms with Gasteiger partial charge in [-0.25, -0.2) is 0 Å². The van der Waals surface area contributed by atoms with Crippen LogP contribution in [0.1, 0.15) is 18.5 Å². The molecule has 116 valence electrons. The van der Waals surface area contributed by atoms with Crippen molar-refractivity contribution in [3.05, 3.63) is 37.1 Å². The number of hydrogen-bond donors (Lipinski definition) is 1. The van der Waals surface area contributed by atoms with E-state index in [1.165, 1.54) is 12.8 Å². The highest BCUT2D eigenvalue weighted by Gasteiger charge is 2.20. The highest BCUT2D eigenvalue weighted by Crippen LogP contribution is 2.28. The molecule has 0 unspecified atom stereocenters. The molecule has 3 heterocycles. The van der Waals surface area contributed by atoms with Crippen LogP contribution in [-0.4, -0.2) is 41.1 Å². The first-order valence-electron chi connectivity index (χ1n) is 7.82. The van der Waals surface area contributed by atoms with E-state index >= 15 is 0 Å². The van der Waals surface area contributed by atoms with Crippen LogP contribution in [0, 0.1) is 6.92 Å². The molecule has 5 nitrogen and oxygen atoms in total. The number of aromatic nitrogens is 3. The summed E-state index contributed by atoms with van der Waals surface area (Å²) in [6, 6.07) is 2.11. The van der Waals surface area contributed by atoms with Gasteiger partial charge in [-0.1, -0.05) is 12.2 Å². The zero-order valence-electron chi connectivity index (χ0n) is 13.2. The first kappa shape index (κ1) is 14.6. The molecule has 1 saturated heterocycles. The number of nitrogens with one attached hydrogen (secondary N) is 1. The van der Waals surface area contributed by atoms with E-state index in [2.05, 4.69) is 34.0 Å². The molecule has 0 bridgehead atoms. The molecule has 0 aliphatic carbocycles. The summed E-state index contributed by atoms with van der Waals surface area (Å²) in [5.74, 6) is 1.77. The molecular weight excluding hydrogens is 274 g/mol. The number of fused-ring (bicyclic) bond motifs is 1. The van der Waals surface area contributed by atoms with Gasteiger partial charge < -0.3 is 14.8 Å². The molecule has 0 saturated carbocycles. The van der Waals surface area contributed by atoms with Crippen molar-refractivity contribution in [3.63, 3.8) is 0 Å². The number of anilines is 2. The Morgan fingerprint density at radius 1 is 1.23 bits per heavy atom. The zero-order chi connectivity index (χ0) is 15.5. The van der Waals surface area contributed by atoms with Crippen molar-refractivity contribution in [1.29, 1.82) is 0 Å². The van der Waals surface area contributed by atoms with Gasteiger partial charge in [0.05, 0.1) is 5.39 Å². The lowest BCUT2D eigenvalue weighted by Crippen LogP contribution is -2.27. The Balaban J connectivity index is 2.11. The predicted molar refractivity (Wildman–Crippen MR) is 92.7 cm³/mol. The Labute approximate surface area is 131 Å². The molecular formula is C17H23N5. The molecule has 22 heavy (non-hydrogen) atoms. The van der Waals surface area contributed by atoms with Gasteiger partial charge in [0.25, 0.3) is 0 Å². The minimum absolute atomic E-state index is 0.738. The molecule has 2 aromatic rings. The highest BCUT2D eigenvalue weighted by molar-refractivity contribution is 5.89. The van der Waals surface area contributed by atoms with Crippen molar-refractivity contribution in [3.8, 4) is 0 Å². The summed E-state index contributed by atoms with van der Waals surface area (Å²) in [6.45, 7) is 13.3. The second-order valence-electron chi connectivity index (χ2n) is 5.74. The molecule has 2 aromatic heterocycles. The second-order valence-corrected chi connectivity index (χ2v) is 5.74. The van der Waals surface area contributed by atoms with Gasteiger partial charge in [-0.15, -0.1) is 13.2 Å². The fraction of sp³-hybridized carbons (Fsp3) is 0.412. The molecule has 3 rings (SSSR count). The van der Waals surface area contributed by atoms with Crippen LogP contribution in [0.2, 0.25) is 0 Å². The third kappa shape index (κ3) is 2.71. The maximum atomic E-state index is 4.86. The average Bonchev–Trinajstić information content (AvgIpc) is 3.13. The first-order valence-corrected chi connectivity index (χ1v) is 7.82. The molecule has 0 aromatic carbocycles. The van der Waals surface area contributed by atoms with Crippen LogP contribution in [0.3, 0.4) is 0 Å². The van der Waals surface area contributed by atoms with E-state index in [-0.39, 0.29) is 0 Å². The summed E-state index contributed by atoms with van der Waals surface area (Å²) in [6.07, 6.45) is 6.21. The van der Waals surface area contributed by atoms with Gasteiger partial charge in [0, 0.05) is 31.9 Å². The van der Waals surface area contributed by atoms with Crippen LogP contribution < -0.4 is 9.80 Å². The second kappa shape index (κ2) is 6.22. The monoisotopic (exact) mass is 297 g/mol. The van der Waals surface area contributed by atoms with E-state index < -0.39 is 0 Å².